The van der Waals surface area contributed by atoms with Crippen molar-refractivity contribution >= 4 is 28.7 Å². The van der Waals surface area contributed by atoms with Gasteiger partial charge >= 0.3 is 5.97 Å². The van der Waals surface area contributed by atoms with Crippen molar-refractivity contribution in [1.82, 2.24) is 10.2 Å². The molecule has 4 rings (SSSR count). The van der Waals surface area contributed by atoms with Crippen LogP contribution < -0.4 is 10.1 Å². The highest BCUT2D eigenvalue weighted by atomic mass is 16.5. The van der Waals surface area contributed by atoms with Crippen molar-refractivity contribution in [3.63, 3.8) is 0 Å². The summed E-state index contributed by atoms with van der Waals surface area (Å²) in [5, 5.41) is 5.48. The zero-order valence-corrected chi connectivity index (χ0v) is 20.3. The number of hydrogen-bond donors (Lipinski definition) is 1. The van der Waals surface area contributed by atoms with E-state index in [2.05, 4.69) is 40.5 Å². The van der Waals surface area contributed by atoms with Gasteiger partial charge in [0.15, 0.2) is 0 Å². The molecule has 0 atom stereocenters. The molecule has 35 heavy (non-hydrogen) atoms. The Bertz CT molecular complexity index is 1210. The van der Waals surface area contributed by atoms with E-state index in [1.54, 1.807) is 26.2 Å². The van der Waals surface area contributed by atoms with Gasteiger partial charge < -0.3 is 14.8 Å². The molecule has 1 N–H and O–H groups in total. The standard InChI is InChI=1S/C29H32N2O4/c1-3-35-28(32)12-9-21-7-10-23-11-8-22(18-25(23)17-21)20-31-15-13-26(14-16-31)30-29(33)24-5-4-6-27(19-24)34-2/h4-12,17-19,26H,3,13-16,20H2,1-2H3,(H,30,33). The maximum absolute atomic E-state index is 12.6. The van der Waals surface area contributed by atoms with E-state index >= 15 is 0 Å². The second kappa shape index (κ2) is 11.7. The van der Waals surface area contributed by atoms with Crippen LogP contribution in [0.5, 0.6) is 5.75 Å². The minimum absolute atomic E-state index is 0.0512. The summed E-state index contributed by atoms with van der Waals surface area (Å²) in [5.74, 6) is 0.305. The maximum Gasteiger partial charge on any atom is 0.330 e. The molecule has 3 aromatic rings. The fourth-order valence-electron chi connectivity index (χ4n) is 4.40. The van der Waals surface area contributed by atoms with E-state index in [0.29, 0.717) is 17.9 Å². The predicted octanol–water partition coefficient (Wildman–Crippen LogP) is 4.82. The minimum atomic E-state index is -0.329. The van der Waals surface area contributed by atoms with Crippen molar-refractivity contribution in [2.75, 3.05) is 26.8 Å². The number of carbonyl (C=O) groups excluding carboxylic acids is 2. The van der Waals surface area contributed by atoms with Crippen molar-refractivity contribution in [1.29, 1.82) is 0 Å². The lowest BCUT2D eigenvalue weighted by Gasteiger charge is -2.32. The fourth-order valence-corrected chi connectivity index (χ4v) is 4.40. The number of fused-ring (bicyclic) bond motifs is 1. The van der Waals surface area contributed by atoms with Crippen LogP contribution in [0.1, 0.15) is 41.3 Å². The monoisotopic (exact) mass is 472 g/mol. The number of rotatable bonds is 8. The number of nitrogens with one attached hydrogen (secondary N) is 1. The number of nitrogens with zero attached hydrogens (tertiary/aromatic N) is 1. The van der Waals surface area contributed by atoms with Gasteiger partial charge in [-0.15, -0.1) is 0 Å². The van der Waals surface area contributed by atoms with Gasteiger partial charge in [0.25, 0.3) is 5.91 Å². The molecule has 1 aliphatic rings. The third-order valence-electron chi connectivity index (χ3n) is 6.29. The SMILES string of the molecule is CCOC(=O)C=Cc1ccc2ccc(CN3CCC(NC(=O)c4cccc(OC)c4)CC3)cc2c1. The summed E-state index contributed by atoms with van der Waals surface area (Å²) in [4.78, 5) is 26.6. The molecule has 1 aliphatic heterocycles. The smallest absolute Gasteiger partial charge is 0.330 e. The summed E-state index contributed by atoms with van der Waals surface area (Å²) in [5.41, 5.74) is 2.84. The molecule has 1 saturated heterocycles. The highest BCUT2D eigenvalue weighted by Gasteiger charge is 2.21. The molecule has 1 heterocycles. The second-order valence-electron chi connectivity index (χ2n) is 8.78. The number of ether oxygens (including phenoxy) is 2. The van der Waals surface area contributed by atoms with Gasteiger partial charge in [-0.3, -0.25) is 9.69 Å². The van der Waals surface area contributed by atoms with Gasteiger partial charge in [-0.2, -0.15) is 0 Å². The van der Waals surface area contributed by atoms with Crippen LogP contribution in [0.25, 0.3) is 16.8 Å². The van der Waals surface area contributed by atoms with E-state index in [-0.39, 0.29) is 17.9 Å². The van der Waals surface area contributed by atoms with Gasteiger partial charge in [0, 0.05) is 37.3 Å². The molecule has 0 spiro atoms. The number of amides is 1. The number of benzene rings is 3. The van der Waals surface area contributed by atoms with Crippen LogP contribution in [0.3, 0.4) is 0 Å². The van der Waals surface area contributed by atoms with Crippen LogP contribution in [-0.2, 0) is 16.1 Å². The third-order valence-corrected chi connectivity index (χ3v) is 6.29. The summed E-state index contributed by atoms with van der Waals surface area (Å²) in [6.45, 7) is 4.91. The molecule has 0 unspecified atom stereocenters. The maximum atomic E-state index is 12.6. The Morgan fingerprint density at radius 2 is 1.83 bits per heavy atom. The van der Waals surface area contributed by atoms with Crippen molar-refractivity contribution in [2.45, 2.75) is 32.4 Å². The summed E-state index contributed by atoms with van der Waals surface area (Å²) >= 11 is 0. The molecule has 1 amide bonds. The average Bonchev–Trinajstić information content (AvgIpc) is 2.88. The molecular formula is C29H32N2O4. The van der Waals surface area contributed by atoms with E-state index in [0.717, 1.165) is 43.4 Å². The quantitative estimate of drug-likeness (QED) is 0.376. The van der Waals surface area contributed by atoms with E-state index < -0.39 is 0 Å². The number of hydrogen-bond acceptors (Lipinski definition) is 5. The first-order valence-corrected chi connectivity index (χ1v) is 12.1. The van der Waals surface area contributed by atoms with E-state index in [1.165, 1.54) is 17.0 Å². The topological polar surface area (TPSA) is 67.9 Å². The summed E-state index contributed by atoms with van der Waals surface area (Å²) in [7, 11) is 1.60. The van der Waals surface area contributed by atoms with Crippen LogP contribution in [0.4, 0.5) is 0 Å². The lowest BCUT2D eigenvalue weighted by molar-refractivity contribution is -0.137. The molecule has 182 valence electrons. The zero-order valence-electron chi connectivity index (χ0n) is 20.3. The summed E-state index contributed by atoms with van der Waals surface area (Å²) < 4.78 is 10.2. The van der Waals surface area contributed by atoms with Gasteiger partial charge in [0.05, 0.1) is 13.7 Å². The number of piperidine rings is 1. The van der Waals surface area contributed by atoms with Gasteiger partial charge in [0.1, 0.15) is 5.75 Å². The highest BCUT2D eigenvalue weighted by molar-refractivity contribution is 5.94. The molecule has 0 aliphatic carbocycles. The fraction of sp³-hybridized carbons (Fsp3) is 0.310. The molecule has 3 aromatic carbocycles. The Morgan fingerprint density at radius 1 is 1.03 bits per heavy atom. The van der Waals surface area contributed by atoms with Gasteiger partial charge in [-0.25, -0.2) is 4.79 Å². The van der Waals surface area contributed by atoms with Crippen molar-refractivity contribution in [2.24, 2.45) is 0 Å². The Hall–Kier alpha value is -3.64. The number of esters is 1. The highest BCUT2D eigenvalue weighted by Crippen LogP contribution is 2.21. The minimum Gasteiger partial charge on any atom is -0.497 e. The Balaban J connectivity index is 1.32. The van der Waals surface area contributed by atoms with Crippen LogP contribution in [0, 0.1) is 0 Å². The van der Waals surface area contributed by atoms with Crippen LogP contribution in [-0.4, -0.2) is 49.6 Å². The molecule has 0 saturated carbocycles. The zero-order chi connectivity index (χ0) is 24.6. The molecule has 1 fully saturated rings. The second-order valence-corrected chi connectivity index (χ2v) is 8.78. The first-order chi connectivity index (χ1) is 17.0. The van der Waals surface area contributed by atoms with Crippen LogP contribution >= 0.6 is 0 Å². The predicted molar refractivity (Wildman–Crippen MR) is 138 cm³/mol. The lowest BCUT2D eigenvalue weighted by atomic mass is 10.0. The largest absolute Gasteiger partial charge is 0.497 e. The molecule has 6 nitrogen and oxygen atoms in total. The Kier molecular flexibility index (Phi) is 8.16. The van der Waals surface area contributed by atoms with Crippen molar-refractivity contribution < 1.29 is 19.1 Å². The Labute approximate surface area is 206 Å². The number of carbonyl (C=O) groups is 2. The molecule has 0 aromatic heterocycles. The number of likely N-dealkylation sites (tertiary alicyclic amines) is 1. The first-order valence-electron chi connectivity index (χ1n) is 12.1. The number of methoxy groups -OCH3 is 1. The Morgan fingerprint density at radius 3 is 2.60 bits per heavy atom. The molecule has 0 bridgehead atoms. The normalized spacial score (nSPS) is 14.8. The molecule has 6 heteroatoms. The van der Waals surface area contributed by atoms with Crippen molar-refractivity contribution in [3.8, 4) is 5.75 Å². The summed E-state index contributed by atoms with van der Waals surface area (Å²) in [6.07, 6.45) is 5.10. The molecule has 0 radical (unpaired) electrons. The van der Waals surface area contributed by atoms with E-state index in [4.69, 9.17) is 9.47 Å². The third kappa shape index (κ3) is 6.70. The summed E-state index contributed by atoms with van der Waals surface area (Å²) in [6, 6.07) is 20.1. The van der Waals surface area contributed by atoms with Crippen LogP contribution in [0.15, 0.2) is 66.7 Å². The van der Waals surface area contributed by atoms with E-state index in [9.17, 15) is 9.59 Å². The average molecular weight is 473 g/mol. The van der Waals surface area contributed by atoms with Gasteiger partial charge in [0.2, 0.25) is 0 Å². The molecular weight excluding hydrogens is 440 g/mol. The van der Waals surface area contributed by atoms with E-state index in [1.807, 2.05) is 24.3 Å². The van der Waals surface area contributed by atoms with Gasteiger partial charge in [-0.05, 0) is 78.1 Å². The lowest BCUT2D eigenvalue weighted by Crippen LogP contribution is -2.44. The van der Waals surface area contributed by atoms with Crippen molar-refractivity contribution in [3.05, 3.63) is 83.4 Å². The van der Waals surface area contributed by atoms with Gasteiger partial charge in [-0.1, -0.05) is 30.3 Å². The van der Waals surface area contributed by atoms with Crippen LogP contribution in [0.2, 0.25) is 0 Å². The first kappa shape index (κ1) is 24.5.